The molecular formula is C34H30LiO4P. The van der Waals surface area contributed by atoms with Crippen LogP contribution in [0.1, 0.15) is 28.5 Å². The summed E-state index contributed by atoms with van der Waals surface area (Å²) in [6, 6.07) is 36.3. The molecule has 0 radical (unpaired) electrons. The van der Waals surface area contributed by atoms with Gasteiger partial charge in [-0.05, 0) is 76.9 Å². The first kappa shape index (κ1) is 29.2. The third kappa shape index (κ3) is 7.23. The van der Waals surface area contributed by atoms with Gasteiger partial charge >= 0.3 is 18.9 Å². The fourth-order valence-corrected chi connectivity index (χ4v) is 5.72. The Hall–Kier alpha value is -3.80. The smallest absolute Gasteiger partial charge is 1.00 e. The van der Waals surface area contributed by atoms with Gasteiger partial charge in [-0.25, -0.2) is 0 Å². The van der Waals surface area contributed by atoms with E-state index in [9.17, 15) is 4.79 Å². The number of rotatable bonds is 9. The minimum absolute atomic E-state index is 0. The molecule has 0 amide bonds. The summed E-state index contributed by atoms with van der Waals surface area (Å²) in [5.74, 6) is 3.56. The number of carbonyl (C=O) groups is 1. The van der Waals surface area contributed by atoms with Crippen LogP contribution in [-0.4, -0.2) is 5.52 Å². The number of hydrogen-bond donors (Lipinski definition) is 0. The zero-order valence-corrected chi connectivity index (χ0v) is 24.1. The van der Waals surface area contributed by atoms with Crippen molar-refractivity contribution in [2.45, 2.75) is 20.8 Å². The van der Waals surface area contributed by atoms with Crippen LogP contribution in [-0.2, 0) is 0 Å². The molecule has 0 aromatic heterocycles. The minimum atomic E-state index is -0.234. The van der Waals surface area contributed by atoms with Gasteiger partial charge in [0.1, 0.15) is 34.5 Å². The molecule has 5 aromatic carbocycles. The molecule has 5 aromatic rings. The molecule has 196 valence electrons. The maximum atomic E-state index is 13.8. The summed E-state index contributed by atoms with van der Waals surface area (Å²) in [5.41, 5.74) is 3.82. The van der Waals surface area contributed by atoms with Gasteiger partial charge in [-0.1, -0.05) is 72.3 Å². The van der Waals surface area contributed by atoms with E-state index in [2.05, 4.69) is 0 Å². The van der Waals surface area contributed by atoms with Gasteiger partial charge in [-0.3, -0.25) is 4.79 Å². The van der Waals surface area contributed by atoms with Crippen molar-refractivity contribution in [2.75, 3.05) is 0 Å². The van der Waals surface area contributed by atoms with Crippen molar-refractivity contribution in [1.82, 2.24) is 0 Å². The van der Waals surface area contributed by atoms with Gasteiger partial charge in [0, 0.05) is 17.7 Å². The van der Waals surface area contributed by atoms with Gasteiger partial charge in [-0.15, -0.1) is 0 Å². The molecule has 4 nitrogen and oxygen atoms in total. The summed E-state index contributed by atoms with van der Waals surface area (Å²) < 4.78 is 18.9. The van der Waals surface area contributed by atoms with Gasteiger partial charge in [0.2, 0.25) is 0 Å². The third-order valence-electron chi connectivity index (χ3n) is 6.10. The molecule has 0 bridgehead atoms. The molecule has 5 rings (SSSR count). The standard InChI is InChI=1S/C34H29O4P.Li.H/c1-23-19-24(2)32(25(3)20-23)34(35)39-33-30(37-27-15-9-5-10-16-27)21-29(36-26-13-7-4-8-14-26)22-31(33)38-28-17-11-6-12-18-28;;/h4-22,39H,1-3H3;;/q;+1;-1. The summed E-state index contributed by atoms with van der Waals surface area (Å²) >= 11 is 0. The van der Waals surface area contributed by atoms with Crippen LogP contribution in [0.2, 0.25) is 0 Å². The summed E-state index contributed by atoms with van der Waals surface area (Å²) in [5, 5.41) is 0.674. The van der Waals surface area contributed by atoms with Gasteiger partial charge in [0.25, 0.3) is 0 Å². The molecule has 0 aliphatic rings. The SMILES string of the molecule is Cc1cc(C)c(C(=O)Pc2c(Oc3ccccc3)cc(Oc3ccccc3)cc2Oc2ccccc2)c(C)c1.[H-].[Li+]. The summed E-state index contributed by atoms with van der Waals surface area (Å²) in [6.45, 7) is 6.01. The quantitative estimate of drug-likeness (QED) is 0.164. The molecule has 6 heteroatoms. The summed E-state index contributed by atoms with van der Waals surface area (Å²) in [4.78, 5) is 13.8. The maximum absolute atomic E-state index is 13.8. The van der Waals surface area contributed by atoms with E-state index in [0.29, 0.717) is 39.8 Å². The van der Waals surface area contributed by atoms with Crippen LogP contribution in [0, 0.1) is 20.8 Å². The van der Waals surface area contributed by atoms with E-state index >= 15 is 0 Å². The topological polar surface area (TPSA) is 44.8 Å². The Labute approximate surface area is 250 Å². The second-order valence-electron chi connectivity index (χ2n) is 9.27. The Bertz CT molecular complexity index is 1510. The number of aryl methyl sites for hydroxylation is 3. The Balaban J connectivity index is 0.00000231. The first-order valence-electron chi connectivity index (χ1n) is 12.7. The molecular weight excluding hydrogens is 510 g/mol. The second-order valence-corrected chi connectivity index (χ2v) is 10.5. The minimum Gasteiger partial charge on any atom is -1.00 e. The van der Waals surface area contributed by atoms with Crippen molar-refractivity contribution in [3.8, 4) is 34.5 Å². The van der Waals surface area contributed by atoms with Crippen LogP contribution in [0.5, 0.6) is 34.5 Å². The Kier molecular flexibility index (Phi) is 9.86. The fourth-order valence-electron chi connectivity index (χ4n) is 4.48. The van der Waals surface area contributed by atoms with Crippen molar-refractivity contribution in [3.05, 3.63) is 138 Å². The van der Waals surface area contributed by atoms with E-state index in [-0.39, 0.29) is 34.4 Å². The maximum Gasteiger partial charge on any atom is 1.00 e. The summed E-state index contributed by atoms with van der Waals surface area (Å²) in [6.07, 6.45) is 0. The van der Waals surface area contributed by atoms with E-state index < -0.39 is 0 Å². The Morgan fingerprint density at radius 1 is 0.575 bits per heavy atom. The molecule has 0 N–H and O–H groups in total. The van der Waals surface area contributed by atoms with E-state index in [1.54, 1.807) is 0 Å². The number of ether oxygens (including phenoxy) is 3. The zero-order chi connectivity index (χ0) is 27.2. The van der Waals surface area contributed by atoms with E-state index in [1.807, 2.05) is 136 Å². The van der Waals surface area contributed by atoms with E-state index in [0.717, 1.165) is 22.3 Å². The van der Waals surface area contributed by atoms with Crippen LogP contribution < -0.4 is 38.4 Å². The molecule has 40 heavy (non-hydrogen) atoms. The second kappa shape index (κ2) is 13.5. The van der Waals surface area contributed by atoms with Crippen molar-refractivity contribution < 1.29 is 39.3 Å². The van der Waals surface area contributed by atoms with Crippen molar-refractivity contribution >= 4 is 19.4 Å². The molecule has 1 atom stereocenters. The largest absolute Gasteiger partial charge is 1.00 e. The third-order valence-corrected chi connectivity index (χ3v) is 7.32. The monoisotopic (exact) mass is 540 g/mol. The molecule has 0 aliphatic carbocycles. The van der Waals surface area contributed by atoms with Crippen molar-refractivity contribution in [3.63, 3.8) is 0 Å². The molecule has 0 saturated carbocycles. The zero-order valence-electron chi connectivity index (χ0n) is 24.1. The summed E-state index contributed by atoms with van der Waals surface area (Å²) in [7, 11) is -0.234. The van der Waals surface area contributed by atoms with Crippen molar-refractivity contribution in [1.29, 1.82) is 0 Å². The van der Waals surface area contributed by atoms with Gasteiger partial charge in [0.15, 0.2) is 5.52 Å². The number of para-hydroxylation sites is 3. The molecule has 0 spiro atoms. The van der Waals surface area contributed by atoms with E-state index in [4.69, 9.17) is 14.2 Å². The van der Waals surface area contributed by atoms with Crippen LogP contribution in [0.15, 0.2) is 115 Å². The molecule has 0 heterocycles. The van der Waals surface area contributed by atoms with Crippen LogP contribution in [0.3, 0.4) is 0 Å². The van der Waals surface area contributed by atoms with Gasteiger partial charge in [0.05, 0.1) is 5.30 Å². The molecule has 0 saturated heterocycles. The average molecular weight is 541 g/mol. The van der Waals surface area contributed by atoms with Crippen LogP contribution >= 0.6 is 8.58 Å². The Morgan fingerprint density at radius 3 is 1.40 bits per heavy atom. The predicted octanol–water partition coefficient (Wildman–Crippen LogP) is 6.25. The first-order valence-corrected chi connectivity index (χ1v) is 13.7. The van der Waals surface area contributed by atoms with Crippen LogP contribution in [0.25, 0.3) is 0 Å². The number of carbonyl (C=O) groups excluding carboxylic acids is 1. The van der Waals surface area contributed by atoms with Crippen molar-refractivity contribution in [2.24, 2.45) is 0 Å². The Morgan fingerprint density at radius 2 is 0.975 bits per heavy atom. The molecule has 0 fully saturated rings. The normalized spacial score (nSPS) is 10.7. The van der Waals surface area contributed by atoms with Gasteiger partial charge < -0.3 is 15.6 Å². The van der Waals surface area contributed by atoms with Gasteiger partial charge in [-0.2, -0.15) is 0 Å². The fraction of sp³-hybridized carbons (Fsp3) is 0.0882. The molecule has 0 aliphatic heterocycles. The van der Waals surface area contributed by atoms with Crippen LogP contribution in [0.4, 0.5) is 0 Å². The number of benzene rings is 5. The molecule has 1 unspecified atom stereocenters. The average Bonchev–Trinajstić information content (AvgIpc) is 2.92. The number of hydrogen-bond acceptors (Lipinski definition) is 4. The predicted molar refractivity (Wildman–Crippen MR) is 160 cm³/mol. The van der Waals surface area contributed by atoms with E-state index in [1.165, 1.54) is 0 Å². The first-order chi connectivity index (χ1) is 19.0.